The second kappa shape index (κ2) is 1.62. The number of hydrogen-bond donors (Lipinski definition) is 0. The van der Waals surface area contributed by atoms with Crippen molar-refractivity contribution in [3.05, 3.63) is 0 Å². The van der Waals surface area contributed by atoms with Gasteiger partial charge in [0.15, 0.2) is 0 Å². The molecule has 1 heterocycles. The lowest BCUT2D eigenvalue weighted by atomic mass is 10.4. The summed E-state index contributed by atoms with van der Waals surface area (Å²) in [6.07, 6.45) is -0.0903. The average Bonchev–Trinajstić information content (AvgIpc) is 1.86. The summed E-state index contributed by atoms with van der Waals surface area (Å²) in [5.74, 6) is 0. The molecule has 0 spiro atoms. The van der Waals surface area contributed by atoms with Gasteiger partial charge in [-0.15, -0.1) is 4.48 Å². The molecule has 0 aromatic rings. The number of nitrogens with zero attached hydrogens (tertiary/aromatic N) is 1. The van der Waals surface area contributed by atoms with Gasteiger partial charge in [-0.25, -0.2) is 0 Å². The van der Waals surface area contributed by atoms with Crippen molar-refractivity contribution in [2.24, 2.45) is 0 Å². The summed E-state index contributed by atoms with van der Waals surface area (Å²) < 4.78 is 35.6. The molecule has 0 bridgehead atoms. The third kappa shape index (κ3) is 0.798. The van der Waals surface area contributed by atoms with Crippen LogP contribution in [-0.4, -0.2) is 17.7 Å². The molecule has 0 unspecified atom stereocenters. The van der Waals surface area contributed by atoms with Crippen LogP contribution < -0.4 is 0 Å². The molecule has 0 aliphatic carbocycles. The minimum atomic E-state index is -3.18. The minimum Gasteiger partial charge on any atom is -0.186 e. The molecule has 1 aliphatic rings. The van der Waals surface area contributed by atoms with Crippen LogP contribution >= 0.6 is 0 Å². The van der Waals surface area contributed by atoms with Crippen LogP contribution in [0.5, 0.6) is 0 Å². The van der Waals surface area contributed by atoms with Crippen molar-refractivity contribution in [1.29, 1.82) is 0 Å². The molecule has 1 aliphatic heterocycles. The first-order valence-corrected chi connectivity index (χ1v) is 2.44. The molecule has 1 rings (SSSR count). The van der Waals surface area contributed by atoms with Crippen LogP contribution in [0.1, 0.15) is 12.8 Å². The zero-order chi connectivity index (χ0) is 6.20. The zero-order valence-electron chi connectivity index (χ0n) is 4.20. The molecule has 1 nitrogen and oxygen atoms in total. The lowest BCUT2D eigenvalue weighted by molar-refractivity contribution is -0.208. The minimum absolute atomic E-state index is 0.132. The lowest BCUT2D eigenvalue weighted by Crippen LogP contribution is -2.27. The van der Waals surface area contributed by atoms with E-state index in [1.165, 1.54) is 0 Å². The van der Waals surface area contributed by atoms with E-state index < -0.39 is 11.2 Å². The summed E-state index contributed by atoms with van der Waals surface area (Å²) in [6.45, 7) is -0.132. The first kappa shape index (κ1) is 5.88. The van der Waals surface area contributed by atoms with E-state index >= 15 is 0 Å². The number of alkyl halides is 2. The molecule has 0 amide bonds. The molecule has 0 atom stereocenters. The van der Waals surface area contributed by atoms with E-state index in [0.717, 1.165) is 0 Å². The van der Waals surface area contributed by atoms with Gasteiger partial charge in [0, 0.05) is 13.0 Å². The van der Waals surface area contributed by atoms with Gasteiger partial charge < -0.3 is 0 Å². The van der Waals surface area contributed by atoms with Gasteiger partial charge in [0.05, 0.1) is 0 Å². The van der Waals surface area contributed by atoms with E-state index in [2.05, 4.69) is 0 Å². The number of halogens is 3. The molecule has 48 valence electrons. The number of hydrogen-bond acceptors (Lipinski definition) is 1. The number of rotatable bonds is 0. The molecule has 0 aromatic carbocycles. The van der Waals surface area contributed by atoms with Crippen LogP contribution in [0.3, 0.4) is 0 Å². The Balaban J connectivity index is 2.54. The molecule has 1 saturated heterocycles. The van der Waals surface area contributed by atoms with Crippen molar-refractivity contribution in [2.75, 3.05) is 6.54 Å². The van der Waals surface area contributed by atoms with E-state index in [9.17, 15) is 13.3 Å². The lowest BCUT2D eigenvalue weighted by Gasteiger charge is -2.11. The monoisotopic (exact) mass is 125 g/mol. The molecule has 1 fully saturated rings. The van der Waals surface area contributed by atoms with Crippen LogP contribution in [0, 0.1) is 0 Å². The van der Waals surface area contributed by atoms with Crippen LogP contribution in [0.4, 0.5) is 13.3 Å². The maximum atomic E-state index is 11.9. The van der Waals surface area contributed by atoms with Crippen molar-refractivity contribution in [3.63, 3.8) is 0 Å². The van der Waals surface area contributed by atoms with Gasteiger partial charge in [0.2, 0.25) is 0 Å². The van der Waals surface area contributed by atoms with Crippen molar-refractivity contribution >= 4 is 0 Å². The predicted molar refractivity (Wildman–Crippen MR) is 22.0 cm³/mol. The summed E-state index contributed by atoms with van der Waals surface area (Å²) in [5.41, 5.74) is 0. The van der Waals surface area contributed by atoms with Gasteiger partial charge in [-0.05, 0) is 6.42 Å². The van der Waals surface area contributed by atoms with E-state index in [1.54, 1.807) is 0 Å². The Kier molecular flexibility index (Phi) is 1.19. The van der Waals surface area contributed by atoms with E-state index in [-0.39, 0.29) is 19.4 Å². The fourth-order valence-electron chi connectivity index (χ4n) is 0.715. The Bertz CT molecular complexity index is 93.3. The second-order valence-electron chi connectivity index (χ2n) is 1.86. The van der Waals surface area contributed by atoms with E-state index in [0.29, 0.717) is 0 Å². The van der Waals surface area contributed by atoms with Crippen LogP contribution in [0.25, 0.3) is 0 Å². The normalized spacial score (nSPS) is 28.9. The Hall–Kier alpha value is -0.250. The van der Waals surface area contributed by atoms with Crippen LogP contribution in [-0.2, 0) is 0 Å². The third-order valence-corrected chi connectivity index (χ3v) is 1.19. The molecule has 0 saturated carbocycles. The van der Waals surface area contributed by atoms with E-state index in [1.807, 2.05) is 0 Å². The van der Waals surface area contributed by atoms with Crippen molar-refractivity contribution < 1.29 is 13.3 Å². The maximum Gasteiger partial charge on any atom is 0.329 e. The van der Waals surface area contributed by atoms with Crippen molar-refractivity contribution in [3.8, 4) is 0 Å². The Morgan fingerprint density at radius 2 is 2.00 bits per heavy atom. The Labute approximate surface area is 45.0 Å². The van der Waals surface area contributed by atoms with Gasteiger partial charge in [-0.1, -0.05) is 5.12 Å². The Morgan fingerprint density at radius 3 is 2.12 bits per heavy atom. The quantitative estimate of drug-likeness (QED) is 0.350. The molecule has 8 heavy (non-hydrogen) atoms. The second-order valence-corrected chi connectivity index (χ2v) is 1.86. The topological polar surface area (TPSA) is 3.24 Å². The molecular formula is C4H6F3N. The van der Waals surface area contributed by atoms with Gasteiger partial charge >= 0.3 is 6.05 Å². The Morgan fingerprint density at radius 1 is 1.38 bits per heavy atom. The summed E-state index contributed by atoms with van der Waals surface area (Å²) in [4.78, 5) is 0. The van der Waals surface area contributed by atoms with Crippen LogP contribution in [0.2, 0.25) is 0 Å². The maximum absolute atomic E-state index is 11.9. The van der Waals surface area contributed by atoms with Gasteiger partial charge in [0.25, 0.3) is 0 Å². The smallest absolute Gasteiger partial charge is 0.186 e. The summed E-state index contributed by atoms with van der Waals surface area (Å²) in [6, 6.07) is -3.18. The highest BCUT2D eigenvalue weighted by Gasteiger charge is 2.42. The summed E-state index contributed by atoms with van der Waals surface area (Å²) in [7, 11) is 0. The largest absolute Gasteiger partial charge is 0.329 e. The molecule has 0 aromatic heterocycles. The standard InChI is InChI=1S/C4H6F3N/c5-4(6)2-1-3-8(4)7/h1-3H2. The molecule has 0 radical (unpaired) electrons. The first-order valence-electron chi connectivity index (χ1n) is 2.44. The highest BCUT2D eigenvalue weighted by atomic mass is 19.3. The van der Waals surface area contributed by atoms with Gasteiger partial charge in [-0.2, -0.15) is 8.78 Å². The van der Waals surface area contributed by atoms with Gasteiger partial charge in [-0.3, -0.25) is 0 Å². The molecule has 4 heteroatoms. The summed E-state index contributed by atoms with van der Waals surface area (Å²) >= 11 is 0. The van der Waals surface area contributed by atoms with E-state index in [4.69, 9.17) is 0 Å². The highest BCUT2D eigenvalue weighted by Crippen LogP contribution is 2.31. The van der Waals surface area contributed by atoms with Crippen molar-refractivity contribution in [1.82, 2.24) is 5.12 Å². The average molecular weight is 125 g/mol. The zero-order valence-corrected chi connectivity index (χ0v) is 4.20. The molecule has 0 N–H and O–H groups in total. The van der Waals surface area contributed by atoms with Crippen molar-refractivity contribution in [2.45, 2.75) is 18.9 Å². The fourth-order valence-corrected chi connectivity index (χ4v) is 0.715. The predicted octanol–water partition coefficient (Wildman–Crippen LogP) is 1.56. The SMILES string of the molecule is FN1CCCC1(F)F. The van der Waals surface area contributed by atoms with Gasteiger partial charge in [0.1, 0.15) is 0 Å². The molecular weight excluding hydrogens is 119 g/mol. The summed E-state index contributed by atoms with van der Waals surface area (Å²) in [5, 5.41) is -0.410. The fraction of sp³-hybridized carbons (Fsp3) is 1.00. The van der Waals surface area contributed by atoms with Crippen LogP contribution in [0.15, 0.2) is 0 Å². The third-order valence-electron chi connectivity index (χ3n) is 1.19. The highest BCUT2D eigenvalue weighted by molar-refractivity contribution is 4.70. The first-order chi connectivity index (χ1) is 3.63.